The van der Waals surface area contributed by atoms with E-state index in [9.17, 15) is 4.57 Å². The van der Waals surface area contributed by atoms with Crippen molar-refractivity contribution in [1.82, 2.24) is 19.5 Å². The molecule has 1 unspecified atom stereocenters. The lowest BCUT2D eigenvalue weighted by Gasteiger charge is -2.14. The molecular weight excluding hydrogens is 289 g/mol. The van der Waals surface area contributed by atoms with Gasteiger partial charge in [-0.05, 0) is 6.92 Å². The molecule has 20 heavy (non-hydrogen) atoms. The van der Waals surface area contributed by atoms with Gasteiger partial charge in [0.05, 0.1) is 12.9 Å². The van der Waals surface area contributed by atoms with Crippen molar-refractivity contribution in [1.29, 1.82) is 0 Å². The Morgan fingerprint density at radius 1 is 1.50 bits per heavy atom. The van der Waals surface area contributed by atoms with E-state index in [1.165, 1.54) is 12.7 Å². The van der Waals surface area contributed by atoms with Crippen LogP contribution in [0.1, 0.15) is 6.92 Å². The van der Waals surface area contributed by atoms with E-state index in [-0.39, 0.29) is 12.4 Å². The van der Waals surface area contributed by atoms with Crippen molar-refractivity contribution in [3.63, 3.8) is 0 Å². The number of nitrogens with zero attached hydrogens (tertiary/aromatic N) is 4. The summed E-state index contributed by atoms with van der Waals surface area (Å²) in [7, 11) is -3.13. The van der Waals surface area contributed by atoms with Gasteiger partial charge >= 0.3 is 7.82 Å². The van der Waals surface area contributed by atoms with Crippen molar-refractivity contribution < 1.29 is 23.5 Å². The first-order valence-electron chi connectivity index (χ1n) is 5.58. The minimum Gasteiger partial charge on any atom is -0.382 e. The number of anilines is 1. The molecular formula is C9H14N5O5P. The first-order chi connectivity index (χ1) is 9.43. The monoisotopic (exact) mass is 303 g/mol. The molecule has 10 nitrogen and oxygen atoms in total. The fraction of sp³-hybridized carbons (Fsp3) is 0.444. The third kappa shape index (κ3) is 3.30. The Balaban J connectivity index is 2.05. The Bertz CT molecular complexity index is 647. The normalized spacial score (nSPS) is 16.1. The summed E-state index contributed by atoms with van der Waals surface area (Å²) in [6.07, 6.45) is 2.30. The van der Waals surface area contributed by atoms with Crippen LogP contribution in [0.2, 0.25) is 0 Å². The van der Waals surface area contributed by atoms with Crippen LogP contribution in [-0.4, -0.2) is 37.6 Å². The van der Waals surface area contributed by atoms with Crippen molar-refractivity contribution >= 4 is 24.8 Å². The quantitative estimate of drug-likeness (QED) is 0.444. The Labute approximate surface area is 114 Å². The number of hydrogen-bond acceptors (Lipinski definition) is 8. The molecule has 2 rings (SSSR count). The number of nitrogen functional groups attached to an aromatic ring is 1. The van der Waals surface area contributed by atoms with Crippen LogP contribution in [0.5, 0.6) is 0 Å². The molecule has 2 aromatic heterocycles. The van der Waals surface area contributed by atoms with E-state index >= 15 is 0 Å². The third-order valence-corrected chi connectivity index (χ3v) is 3.15. The molecule has 2 aromatic rings. The van der Waals surface area contributed by atoms with Gasteiger partial charge in [-0.3, -0.25) is 4.52 Å². The summed E-state index contributed by atoms with van der Waals surface area (Å²) in [5.74, 6) is 0.276. The molecule has 0 fully saturated rings. The summed E-state index contributed by atoms with van der Waals surface area (Å²) in [5.41, 5.74) is 6.68. The standard InChI is InChI=1S/C9H14N5O5P/c1-6(18-19-20(15,16)17-2)3-14-5-13-7-8(10)11-4-12-9(7)14/h4-6H,3H2,1-2H3,(H,15,16)(H2,10,11,12)/t6-/m1/s1. The van der Waals surface area contributed by atoms with E-state index in [2.05, 4.69) is 24.2 Å². The van der Waals surface area contributed by atoms with Crippen molar-refractivity contribution in [2.45, 2.75) is 19.6 Å². The summed E-state index contributed by atoms with van der Waals surface area (Å²) in [6.45, 7) is 1.93. The van der Waals surface area contributed by atoms with E-state index < -0.39 is 13.9 Å². The number of hydrogen-bond donors (Lipinski definition) is 2. The van der Waals surface area contributed by atoms with Gasteiger partial charge in [0.1, 0.15) is 17.9 Å². The number of fused-ring (bicyclic) bond motifs is 1. The highest BCUT2D eigenvalue weighted by Crippen LogP contribution is 2.42. The van der Waals surface area contributed by atoms with Crippen molar-refractivity contribution in [2.24, 2.45) is 0 Å². The maximum Gasteiger partial charge on any atom is 0.499 e. The predicted molar refractivity (Wildman–Crippen MR) is 68.2 cm³/mol. The lowest BCUT2D eigenvalue weighted by atomic mass is 10.4. The Kier molecular flexibility index (Phi) is 4.31. The van der Waals surface area contributed by atoms with Crippen molar-refractivity contribution in [2.75, 3.05) is 12.8 Å². The zero-order valence-electron chi connectivity index (χ0n) is 10.8. The number of imidazole rings is 1. The molecule has 0 radical (unpaired) electrons. The second-order valence-corrected chi connectivity index (χ2v) is 5.41. The van der Waals surface area contributed by atoms with Gasteiger partial charge in [0.15, 0.2) is 11.5 Å². The molecule has 3 N–H and O–H groups in total. The van der Waals surface area contributed by atoms with E-state index in [1.807, 2.05) is 0 Å². The van der Waals surface area contributed by atoms with Crippen molar-refractivity contribution in [3.8, 4) is 0 Å². The first-order valence-corrected chi connectivity index (χ1v) is 7.07. The molecule has 11 heteroatoms. The van der Waals surface area contributed by atoms with Crippen molar-refractivity contribution in [3.05, 3.63) is 12.7 Å². The topological polar surface area (TPSA) is 135 Å². The maximum absolute atomic E-state index is 11.1. The number of rotatable bonds is 6. The zero-order chi connectivity index (χ0) is 14.8. The average Bonchev–Trinajstić information content (AvgIpc) is 2.82. The number of phosphoric acid groups is 1. The van der Waals surface area contributed by atoms with Crippen LogP contribution in [0.3, 0.4) is 0 Å². The van der Waals surface area contributed by atoms with Gasteiger partial charge in [-0.15, -0.1) is 4.67 Å². The smallest absolute Gasteiger partial charge is 0.382 e. The summed E-state index contributed by atoms with van der Waals surface area (Å²) in [5, 5.41) is 0. The highest BCUT2D eigenvalue weighted by atomic mass is 31.2. The second kappa shape index (κ2) is 5.81. The molecule has 0 aliphatic rings. The van der Waals surface area contributed by atoms with Gasteiger partial charge in [-0.2, -0.15) is 0 Å². The molecule has 0 saturated carbocycles. The highest BCUT2D eigenvalue weighted by molar-refractivity contribution is 7.47. The second-order valence-electron chi connectivity index (χ2n) is 3.96. The summed E-state index contributed by atoms with van der Waals surface area (Å²) >= 11 is 0. The fourth-order valence-electron chi connectivity index (χ4n) is 1.50. The van der Waals surface area contributed by atoms with Crippen LogP contribution in [0.4, 0.5) is 5.82 Å². The number of aromatic nitrogens is 4. The van der Waals surface area contributed by atoms with Crippen LogP contribution >= 0.6 is 7.82 Å². The van der Waals surface area contributed by atoms with Crippen LogP contribution in [0.15, 0.2) is 12.7 Å². The molecule has 0 bridgehead atoms. The molecule has 0 aromatic carbocycles. The summed E-state index contributed by atoms with van der Waals surface area (Å²) in [6, 6.07) is 0. The van der Waals surface area contributed by atoms with Crippen LogP contribution in [0, 0.1) is 0 Å². The Hall–Kier alpha value is -1.58. The summed E-state index contributed by atoms with van der Waals surface area (Å²) in [4.78, 5) is 25.8. The van der Waals surface area contributed by atoms with Crippen LogP contribution < -0.4 is 5.73 Å². The molecule has 0 aliphatic carbocycles. The molecule has 110 valence electrons. The Morgan fingerprint density at radius 3 is 2.95 bits per heavy atom. The number of phosphoric ester groups is 1. The van der Waals surface area contributed by atoms with E-state index in [4.69, 9.17) is 15.5 Å². The highest BCUT2D eigenvalue weighted by Gasteiger charge is 2.22. The van der Waals surface area contributed by atoms with Gasteiger partial charge < -0.3 is 15.2 Å². The first kappa shape index (κ1) is 14.8. The fourth-order valence-corrected chi connectivity index (χ4v) is 1.81. The lowest BCUT2D eigenvalue weighted by Crippen LogP contribution is -2.16. The maximum atomic E-state index is 11.1. The lowest BCUT2D eigenvalue weighted by molar-refractivity contribution is -0.256. The predicted octanol–water partition coefficient (Wildman–Crippen LogP) is 0.492. The molecule has 0 spiro atoms. The minimum absolute atomic E-state index is 0.276. The minimum atomic E-state index is -4.17. The number of nitrogens with two attached hydrogens (primary N) is 1. The van der Waals surface area contributed by atoms with E-state index in [0.29, 0.717) is 11.2 Å². The van der Waals surface area contributed by atoms with Gasteiger partial charge in [0.2, 0.25) is 0 Å². The third-order valence-electron chi connectivity index (χ3n) is 2.42. The van der Waals surface area contributed by atoms with E-state index in [1.54, 1.807) is 11.5 Å². The molecule has 2 heterocycles. The average molecular weight is 303 g/mol. The summed E-state index contributed by atoms with van der Waals surface area (Å²) < 4.78 is 21.3. The Morgan fingerprint density at radius 2 is 2.25 bits per heavy atom. The van der Waals surface area contributed by atoms with Gasteiger partial charge in [-0.25, -0.2) is 24.4 Å². The largest absolute Gasteiger partial charge is 0.499 e. The zero-order valence-corrected chi connectivity index (χ0v) is 11.7. The van der Waals surface area contributed by atoms with E-state index in [0.717, 1.165) is 7.11 Å². The SMILES string of the molecule is COP(=O)(O)OO[C@H](C)Cn1cnc2c(N)ncnc21. The van der Waals surface area contributed by atoms with Crippen LogP contribution in [0.25, 0.3) is 11.2 Å². The van der Waals surface area contributed by atoms with Crippen LogP contribution in [-0.2, 0) is 25.2 Å². The van der Waals surface area contributed by atoms with Gasteiger partial charge in [0.25, 0.3) is 0 Å². The molecule has 0 amide bonds. The molecule has 0 saturated heterocycles. The van der Waals surface area contributed by atoms with Gasteiger partial charge in [-0.1, -0.05) is 0 Å². The van der Waals surface area contributed by atoms with Gasteiger partial charge in [0, 0.05) is 7.11 Å². The molecule has 2 atom stereocenters. The molecule has 0 aliphatic heterocycles.